The second kappa shape index (κ2) is 12.6. The predicted octanol–water partition coefficient (Wildman–Crippen LogP) is 2.05. The van der Waals surface area contributed by atoms with Gasteiger partial charge in [0.15, 0.2) is 12.1 Å². The summed E-state index contributed by atoms with van der Waals surface area (Å²) in [6, 6.07) is 4.30. The van der Waals surface area contributed by atoms with Crippen molar-refractivity contribution in [2.24, 2.45) is 0 Å². The van der Waals surface area contributed by atoms with Crippen molar-refractivity contribution >= 4 is 48.0 Å². The number of carbonyl (C=O) groups excluding carboxylic acids is 5. The molecule has 0 spiro atoms. The first-order chi connectivity index (χ1) is 19.0. The molecule has 3 heterocycles. The van der Waals surface area contributed by atoms with Crippen molar-refractivity contribution in [1.82, 2.24) is 25.3 Å². The number of nitrogens with zero attached hydrogens (tertiary/aromatic N) is 5. The molecule has 0 aliphatic rings. The summed E-state index contributed by atoms with van der Waals surface area (Å²) in [5.74, 6) is -1.82. The number of H-pyrrole nitrogens is 1. The molecule has 0 radical (unpaired) electrons. The Kier molecular flexibility index (Phi) is 9.26. The lowest BCUT2D eigenvalue weighted by molar-refractivity contribution is -0.141. The summed E-state index contributed by atoms with van der Waals surface area (Å²) in [5, 5.41) is 4.96. The molecule has 4 amide bonds. The molecule has 3 aromatic heterocycles. The van der Waals surface area contributed by atoms with Crippen LogP contribution in [0.1, 0.15) is 50.7 Å². The highest BCUT2D eigenvalue weighted by Crippen LogP contribution is 2.27. The van der Waals surface area contributed by atoms with E-state index in [2.05, 4.69) is 30.6 Å². The second-order valence-electron chi connectivity index (χ2n) is 8.06. The van der Waals surface area contributed by atoms with Crippen LogP contribution < -0.4 is 20.4 Å². The highest BCUT2D eigenvalue weighted by molar-refractivity contribution is 6.06. The fraction of sp³-hybridized carbons (Fsp3) is 0.250. The predicted molar refractivity (Wildman–Crippen MR) is 135 cm³/mol. The Morgan fingerprint density at radius 3 is 2.27 bits per heavy atom. The van der Waals surface area contributed by atoms with Gasteiger partial charge in [0.05, 0.1) is 11.1 Å². The van der Waals surface area contributed by atoms with E-state index in [0.29, 0.717) is 18.8 Å². The number of rotatable bonds is 11. The molecule has 0 fully saturated rings. The summed E-state index contributed by atoms with van der Waals surface area (Å²) in [7, 11) is 0. The Morgan fingerprint density at radius 1 is 1.05 bits per heavy atom. The van der Waals surface area contributed by atoms with Crippen LogP contribution in [0, 0.1) is 0 Å². The fourth-order valence-electron chi connectivity index (χ4n) is 3.38. The Bertz CT molecular complexity index is 1390. The first-order valence-corrected chi connectivity index (χ1v) is 11.6. The third kappa shape index (κ3) is 7.03. The number of aromatic nitrogens is 4. The molecule has 13 nitrogen and oxygen atoms in total. The van der Waals surface area contributed by atoms with Crippen molar-refractivity contribution in [3.8, 4) is 0 Å². The van der Waals surface area contributed by atoms with Crippen LogP contribution in [-0.4, -0.2) is 70.0 Å². The van der Waals surface area contributed by atoms with Crippen LogP contribution in [0.2, 0.25) is 0 Å². The van der Waals surface area contributed by atoms with Gasteiger partial charge in [-0.2, -0.15) is 18.2 Å². The Labute approximate surface area is 224 Å². The molecule has 0 unspecified atom stereocenters. The first kappa shape index (κ1) is 29.4. The number of aromatic amines is 1. The maximum atomic E-state index is 13.1. The molecule has 3 N–H and O–H groups in total. The standard InChI is InChI=1S/C24H23F3N8O5/c1-3-34(13-37)20-17(12-36)31-23(32-20)33-21(39)15-5-7-19(30-10-15)35(9-8-28-14(2)38)22(40)16-4-6-18(29-11-16)24(25,26)27/h4-7,10-13H,3,8-9H2,1-2H3,(H,28,38)(H2,31,32,33,39). The van der Waals surface area contributed by atoms with E-state index in [1.165, 1.54) is 19.1 Å². The highest BCUT2D eigenvalue weighted by Gasteiger charge is 2.32. The molecule has 0 aromatic carbocycles. The van der Waals surface area contributed by atoms with Gasteiger partial charge in [-0.25, -0.2) is 4.98 Å². The number of aldehydes is 1. The van der Waals surface area contributed by atoms with E-state index in [1.807, 2.05) is 0 Å². The van der Waals surface area contributed by atoms with E-state index < -0.39 is 23.7 Å². The van der Waals surface area contributed by atoms with E-state index >= 15 is 0 Å². The molecule has 40 heavy (non-hydrogen) atoms. The molecule has 0 saturated carbocycles. The Balaban J connectivity index is 1.82. The zero-order valence-electron chi connectivity index (χ0n) is 21.2. The minimum absolute atomic E-state index is 0.00845. The zero-order valence-corrected chi connectivity index (χ0v) is 21.2. The quantitative estimate of drug-likeness (QED) is 0.299. The summed E-state index contributed by atoms with van der Waals surface area (Å²) in [6.45, 7) is 3.09. The minimum atomic E-state index is -4.68. The maximum Gasteiger partial charge on any atom is 0.433 e. The van der Waals surface area contributed by atoms with Crippen molar-refractivity contribution in [2.75, 3.05) is 34.8 Å². The van der Waals surface area contributed by atoms with E-state index in [0.717, 1.165) is 28.3 Å². The number of anilines is 3. The number of pyridine rings is 2. The number of amides is 4. The van der Waals surface area contributed by atoms with Crippen LogP contribution >= 0.6 is 0 Å². The van der Waals surface area contributed by atoms with Crippen LogP contribution in [0.5, 0.6) is 0 Å². The monoisotopic (exact) mass is 560 g/mol. The summed E-state index contributed by atoms with van der Waals surface area (Å²) in [5.41, 5.74) is -1.32. The number of alkyl halides is 3. The molecule has 0 atom stereocenters. The molecule has 16 heteroatoms. The molecule has 3 rings (SSSR count). The lowest BCUT2D eigenvalue weighted by Crippen LogP contribution is -2.38. The van der Waals surface area contributed by atoms with Crippen molar-refractivity contribution in [1.29, 1.82) is 0 Å². The third-order valence-corrected chi connectivity index (χ3v) is 5.34. The van der Waals surface area contributed by atoms with Gasteiger partial charge in [0, 0.05) is 39.0 Å². The van der Waals surface area contributed by atoms with E-state index in [1.54, 1.807) is 6.92 Å². The molecule has 210 valence electrons. The molecule has 0 bridgehead atoms. The van der Waals surface area contributed by atoms with E-state index in [-0.39, 0.29) is 59.9 Å². The van der Waals surface area contributed by atoms with Crippen molar-refractivity contribution in [2.45, 2.75) is 20.0 Å². The van der Waals surface area contributed by atoms with Crippen molar-refractivity contribution in [3.05, 3.63) is 59.2 Å². The third-order valence-electron chi connectivity index (χ3n) is 5.34. The second-order valence-corrected chi connectivity index (χ2v) is 8.06. The number of nitrogens with one attached hydrogen (secondary N) is 3. The Hall–Kier alpha value is -5.15. The van der Waals surface area contributed by atoms with Gasteiger partial charge in [-0.05, 0) is 31.2 Å². The zero-order chi connectivity index (χ0) is 29.4. The van der Waals surface area contributed by atoms with Crippen LogP contribution in [0.15, 0.2) is 36.7 Å². The SMILES string of the molecule is CCN(C=O)c1nc(NC(=O)c2ccc(N(CCNC(C)=O)C(=O)c3ccc(C(F)(F)F)nc3)nc2)[nH]c1C=O. The summed E-state index contributed by atoms with van der Waals surface area (Å²) < 4.78 is 38.6. The van der Waals surface area contributed by atoms with Gasteiger partial charge in [-0.1, -0.05) is 0 Å². The molecular formula is C24H23F3N8O5. The lowest BCUT2D eigenvalue weighted by atomic mass is 10.2. The van der Waals surface area contributed by atoms with Gasteiger partial charge >= 0.3 is 6.18 Å². The number of carbonyl (C=O) groups is 5. The van der Waals surface area contributed by atoms with Crippen LogP contribution in [0.25, 0.3) is 0 Å². The van der Waals surface area contributed by atoms with Gasteiger partial charge in [0.2, 0.25) is 18.3 Å². The Morgan fingerprint density at radius 2 is 1.75 bits per heavy atom. The molecule has 3 aromatic rings. The number of halogens is 3. The van der Waals surface area contributed by atoms with Crippen LogP contribution in [0.3, 0.4) is 0 Å². The average Bonchev–Trinajstić information content (AvgIpc) is 3.33. The van der Waals surface area contributed by atoms with Gasteiger partial charge in [-0.15, -0.1) is 0 Å². The lowest BCUT2D eigenvalue weighted by Gasteiger charge is -2.22. The van der Waals surface area contributed by atoms with Gasteiger partial charge in [0.25, 0.3) is 11.8 Å². The topological polar surface area (TPSA) is 170 Å². The molecule has 0 saturated heterocycles. The largest absolute Gasteiger partial charge is 0.433 e. The van der Waals surface area contributed by atoms with Gasteiger partial charge in [-0.3, -0.25) is 44.1 Å². The number of hydrogen-bond acceptors (Lipinski definition) is 8. The fourth-order valence-corrected chi connectivity index (χ4v) is 3.38. The van der Waals surface area contributed by atoms with Crippen LogP contribution in [0.4, 0.5) is 30.8 Å². The molecular weight excluding hydrogens is 537 g/mol. The normalized spacial score (nSPS) is 10.9. The van der Waals surface area contributed by atoms with E-state index in [9.17, 15) is 37.1 Å². The summed E-state index contributed by atoms with van der Waals surface area (Å²) in [6.07, 6.45) is -1.83. The van der Waals surface area contributed by atoms with Crippen molar-refractivity contribution < 1.29 is 37.1 Å². The smallest absolute Gasteiger partial charge is 0.355 e. The van der Waals surface area contributed by atoms with Crippen molar-refractivity contribution in [3.63, 3.8) is 0 Å². The average molecular weight is 560 g/mol. The van der Waals surface area contributed by atoms with Gasteiger partial charge < -0.3 is 10.3 Å². The van der Waals surface area contributed by atoms with E-state index in [4.69, 9.17) is 0 Å². The molecule has 0 aliphatic heterocycles. The molecule has 0 aliphatic carbocycles. The first-order valence-electron chi connectivity index (χ1n) is 11.6. The summed E-state index contributed by atoms with van der Waals surface area (Å²) >= 11 is 0. The minimum Gasteiger partial charge on any atom is -0.355 e. The summed E-state index contributed by atoms with van der Waals surface area (Å²) in [4.78, 5) is 76.0. The maximum absolute atomic E-state index is 13.1. The number of imidazole rings is 1. The highest BCUT2D eigenvalue weighted by atomic mass is 19.4. The van der Waals surface area contributed by atoms with Gasteiger partial charge in [0.1, 0.15) is 17.2 Å². The number of hydrogen-bond donors (Lipinski definition) is 3. The van der Waals surface area contributed by atoms with Crippen LogP contribution in [-0.2, 0) is 15.8 Å².